The predicted molar refractivity (Wildman–Crippen MR) is 78.0 cm³/mol. The molecule has 0 aromatic carbocycles. The van der Waals surface area contributed by atoms with Crippen molar-refractivity contribution in [3.05, 3.63) is 30.1 Å². The number of rotatable bonds is 6. The predicted octanol–water partition coefficient (Wildman–Crippen LogP) is 0.684. The first-order valence-electron chi connectivity index (χ1n) is 5.58. The van der Waals surface area contributed by atoms with Crippen molar-refractivity contribution >= 4 is 30.2 Å². The van der Waals surface area contributed by atoms with Crippen molar-refractivity contribution < 1.29 is 9.59 Å². The van der Waals surface area contributed by atoms with Gasteiger partial charge in [0, 0.05) is 25.9 Å². The minimum Gasteiger partial charge on any atom is -0.339 e. The highest BCUT2D eigenvalue weighted by Crippen LogP contribution is 2.08. The van der Waals surface area contributed by atoms with Crippen LogP contribution in [0, 0.1) is 0 Å². The maximum Gasteiger partial charge on any atom is 0.248 e. The van der Waals surface area contributed by atoms with Gasteiger partial charge < -0.3 is 9.99 Å². The van der Waals surface area contributed by atoms with Gasteiger partial charge in [0.15, 0.2) is 0 Å². The molecule has 0 aliphatic heterocycles. The smallest absolute Gasteiger partial charge is 0.248 e. The molecule has 1 aromatic heterocycles. The number of aromatic nitrogens is 1. The van der Waals surface area contributed by atoms with Crippen LogP contribution in [0.2, 0.25) is 0 Å². The highest BCUT2D eigenvalue weighted by molar-refractivity contribution is 7.15. The van der Waals surface area contributed by atoms with Crippen LogP contribution in [0.3, 0.4) is 0 Å². The summed E-state index contributed by atoms with van der Waals surface area (Å²) >= 11 is 0. The second-order valence-corrected chi connectivity index (χ2v) is 4.52. The number of nitrogens with one attached hydrogen (secondary N) is 1. The molecule has 102 valence electrons. The van der Waals surface area contributed by atoms with Crippen LogP contribution in [-0.4, -0.2) is 41.3 Å². The van der Waals surface area contributed by atoms with Crippen LogP contribution in [0.15, 0.2) is 29.3 Å². The van der Waals surface area contributed by atoms with E-state index in [-0.39, 0.29) is 18.4 Å². The lowest BCUT2D eigenvalue weighted by molar-refractivity contribution is -0.135. The highest BCUT2D eigenvalue weighted by Gasteiger charge is 2.22. The highest BCUT2D eigenvalue weighted by atomic mass is 31.0. The average molecular weight is 298 g/mol. The molecule has 0 aliphatic rings. The molecule has 1 N–H and O–H groups in total. The zero-order valence-corrected chi connectivity index (χ0v) is 12.7. The molecule has 0 bridgehead atoms. The number of nitrogens with zero attached hydrogens (tertiary/aromatic N) is 3. The second-order valence-electron chi connectivity index (χ2n) is 3.97. The lowest BCUT2D eigenvalue weighted by Gasteiger charge is -2.20. The van der Waals surface area contributed by atoms with Gasteiger partial charge in [-0.25, -0.2) is 0 Å². The third-order valence-corrected chi connectivity index (χ3v) is 3.14. The number of carbonyl (C=O) groups excluding carboxylic acids is 2. The normalized spacial score (nSPS) is 11.5. The molecule has 0 saturated carbocycles. The molecular weight excluding hydrogens is 282 g/mol. The summed E-state index contributed by atoms with van der Waals surface area (Å²) in [6, 6.07) is 3.10. The van der Waals surface area contributed by atoms with Gasteiger partial charge in [0.25, 0.3) is 0 Å². The van der Waals surface area contributed by atoms with Crippen molar-refractivity contribution in [2.24, 2.45) is 4.74 Å². The number of hydrogen-bond acceptors (Lipinski definition) is 4. The van der Waals surface area contributed by atoms with Crippen LogP contribution >= 0.6 is 18.4 Å². The van der Waals surface area contributed by atoms with Crippen molar-refractivity contribution in [3.8, 4) is 0 Å². The Hall–Kier alpha value is -1.38. The standard InChI is InChI=1S/C11H16N4O2P2/c1-15(7-10(16)14-19)11(17)9(13-18)5-8-3-2-4-12-6-8/h2-4,6,9,18H,5,7,19H2,1H3,(H,14,16)/t9-/m0/s1. The van der Waals surface area contributed by atoms with E-state index in [0.717, 1.165) is 5.56 Å². The molecule has 1 heterocycles. The van der Waals surface area contributed by atoms with E-state index in [4.69, 9.17) is 0 Å². The molecule has 1 aromatic rings. The number of pyridine rings is 1. The van der Waals surface area contributed by atoms with E-state index in [1.54, 1.807) is 25.5 Å². The maximum atomic E-state index is 12.1. The minimum atomic E-state index is -0.580. The zero-order valence-electron chi connectivity index (χ0n) is 10.5. The fourth-order valence-corrected chi connectivity index (χ4v) is 1.82. The monoisotopic (exact) mass is 298 g/mol. The summed E-state index contributed by atoms with van der Waals surface area (Å²) in [7, 11) is 6.70. The van der Waals surface area contributed by atoms with Crippen molar-refractivity contribution in [2.45, 2.75) is 12.5 Å². The first-order valence-corrected chi connectivity index (χ1v) is 6.60. The Morgan fingerprint density at radius 1 is 1.63 bits per heavy atom. The summed E-state index contributed by atoms with van der Waals surface area (Å²) in [6.45, 7) is -0.00633. The van der Waals surface area contributed by atoms with Crippen LogP contribution < -0.4 is 5.09 Å². The Balaban J connectivity index is 2.66. The van der Waals surface area contributed by atoms with Crippen LogP contribution in [0.5, 0.6) is 0 Å². The number of amides is 2. The molecular formula is C11H16N4O2P2. The molecule has 19 heavy (non-hydrogen) atoms. The minimum absolute atomic E-state index is 0.00633. The van der Waals surface area contributed by atoms with Crippen LogP contribution in [0.4, 0.5) is 0 Å². The summed E-state index contributed by atoms with van der Waals surface area (Å²) in [5, 5.41) is 2.39. The van der Waals surface area contributed by atoms with E-state index < -0.39 is 6.04 Å². The summed E-state index contributed by atoms with van der Waals surface area (Å²) < 4.78 is 3.89. The van der Waals surface area contributed by atoms with E-state index in [1.807, 2.05) is 6.07 Å². The summed E-state index contributed by atoms with van der Waals surface area (Å²) in [4.78, 5) is 28.7. The van der Waals surface area contributed by atoms with Crippen molar-refractivity contribution in [1.29, 1.82) is 0 Å². The summed E-state index contributed by atoms with van der Waals surface area (Å²) in [5.41, 5.74) is 0.909. The number of hydrogen-bond donors (Lipinski definition) is 1. The molecule has 0 spiro atoms. The van der Waals surface area contributed by atoms with E-state index in [2.05, 4.69) is 33.2 Å². The van der Waals surface area contributed by atoms with Crippen LogP contribution in [0.25, 0.3) is 0 Å². The summed E-state index contributed by atoms with van der Waals surface area (Å²) in [5.74, 6) is -0.484. The molecule has 0 radical (unpaired) electrons. The molecule has 6 nitrogen and oxygen atoms in total. The van der Waals surface area contributed by atoms with Crippen LogP contribution in [0.1, 0.15) is 5.56 Å². The zero-order chi connectivity index (χ0) is 14.3. The van der Waals surface area contributed by atoms with Gasteiger partial charge in [0.1, 0.15) is 6.04 Å². The molecule has 2 amide bonds. The van der Waals surface area contributed by atoms with Gasteiger partial charge >= 0.3 is 0 Å². The fraction of sp³-hybridized carbons (Fsp3) is 0.364. The Kier molecular flexibility index (Phi) is 6.54. The number of likely N-dealkylation sites (N-methyl/N-ethyl adjacent to an activating group) is 1. The molecule has 1 unspecified atom stereocenters. The van der Waals surface area contributed by atoms with Gasteiger partial charge in [-0.2, -0.15) is 0 Å². The first kappa shape index (κ1) is 15.7. The van der Waals surface area contributed by atoms with Crippen molar-refractivity contribution in [2.75, 3.05) is 13.6 Å². The van der Waals surface area contributed by atoms with Crippen molar-refractivity contribution in [1.82, 2.24) is 15.0 Å². The molecule has 0 saturated heterocycles. The van der Waals surface area contributed by atoms with Gasteiger partial charge in [0.05, 0.1) is 6.54 Å². The average Bonchev–Trinajstić information content (AvgIpc) is 2.44. The van der Waals surface area contributed by atoms with E-state index in [1.165, 1.54) is 4.90 Å². The Morgan fingerprint density at radius 3 is 2.89 bits per heavy atom. The van der Waals surface area contributed by atoms with Crippen molar-refractivity contribution in [3.63, 3.8) is 0 Å². The van der Waals surface area contributed by atoms with E-state index in [0.29, 0.717) is 6.42 Å². The summed E-state index contributed by atoms with van der Waals surface area (Å²) in [6.07, 6.45) is 3.79. The third-order valence-electron chi connectivity index (χ3n) is 2.51. The van der Waals surface area contributed by atoms with Gasteiger partial charge in [-0.05, 0) is 30.1 Å². The number of carbonyl (C=O) groups is 2. The van der Waals surface area contributed by atoms with Gasteiger partial charge in [-0.3, -0.25) is 19.3 Å². The third kappa shape index (κ3) is 5.01. The molecule has 1 rings (SSSR count). The fourth-order valence-electron chi connectivity index (χ4n) is 1.52. The SMILES string of the molecule is CN(CC(=O)NP)C(=O)[C@H](Cc1cccnc1)N=P. The largest absolute Gasteiger partial charge is 0.339 e. The van der Waals surface area contributed by atoms with E-state index >= 15 is 0 Å². The Morgan fingerprint density at radius 2 is 2.37 bits per heavy atom. The Bertz CT molecular complexity index is 455. The quantitative estimate of drug-likeness (QED) is 0.785. The Labute approximate surface area is 116 Å². The van der Waals surface area contributed by atoms with Gasteiger partial charge in [0.2, 0.25) is 11.8 Å². The lowest BCUT2D eigenvalue weighted by atomic mass is 10.1. The molecule has 8 heteroatoms. The molecule has 0 fully saturated rings. The lowest BCUT2D eigenvalue weighted by Crippen LogP contribution is -2.41. The topological polar surface area (TPSA) is 74.7 Å². The van der Waals surface area contributed by atoms with Gasteiger partial charge in [-0.1, -0.05) is 6.07 Å². The van der Waals surface area contributed by atoms with Gasteiger partial charge in [-0.15, -0.1) is 0 Å². The first-order chi connectivity index (χ1) is 9.08. The van der Waals surface area contributed by atoms with Crippen LogP contribution in [-0.2, 0) is 16.0 Å². The molecule has 2 atom stereocenters. The second kappa shape index (κ2) is 7.93. The van der Waals surface area contributed by atoms with E-state index in [9.17, 15) is 9.59 Å². The molecule has 0 aliphatic carbocycles. The maximum absolute atomic E-state index is 12.1.